The lowest BCUT2D eigenvalue weighted by Crippen LogP contribution is -2.11. The molecule has 5 nitrogen and oxygen atoms in total. The van der Waals surface area contributed by atoms with E-state index in [2.05, 4.69) is 20.4 Å². The van der Waals surface area contributed by atoms with Crippen molar-refractivity contribution in [2.24, 2.45) is 7.05 Å². The van der Waals surface area contributed by atoms with Gasteiger partial charge < -0.3 is 5.32 Å². The second-order valence-corrected chi connectivity index (χ2v) is 5.61. The molecule has 0 aliphatic heterocycles. The molecule has 0 radical (unpaired) electrons. The first-order valence-electron chi connectivity index (χ1n) is 7.36. The van der Waals surface area contributed by atoms with Crippen molar-refractivity contribution < 1.29 is 13.2 Å². The van der Waals surface area contributed by atoms with Crippen molar-refractivity contribution in [2.45, 2.75) is 26.1 Å². The quantitative estimate of drug-likeness (QED) is 0.789. The smallest absolute Gasteiger partial charge is 0.363 e. The van der Waals surface area contributed by atoms with Crippen LogP contribution in [0.4, 0.5) is 19.0 Å². The highest BCUT2D eigenvalue weighted by molar-refractivity contribution is 5.86. The first kappa shape index (κ1) is 16.2. The van der Waals surface area contributed by atoms with Crippen molar-refractivity contribution in [1.29, 1.82) is 0 Å². The van der Waals surface area contributed by atoms with E-state index in [4.69, 9.17) is 0 Å². The van der Waals surface area contributed by atoms with E-state index < -0.39 is 11.7 Å². The van der Waals surface area contributed by atoms with Crippen LogP contribution in [-0.4, -0.2) is 19.7 Å². The van der Waals surface area contributed by atoms with Gasteiger partial charge in [0.1, 0.15) is 11.6 Å². The molecule has 0 bridgehead atoms. The van der Waals surface area contributed by atoms with Gasteiger partial charge in [0.15, 0.2) is 5.65 Å². The number of aryl methyl sites for hydroxylation is 2. The monoisotopic (exact) mass is 335 g/mol. The predicted molar refractivity (Wildman–Crippen MR) is 84.5 cm³/mol. The third-order valence-electron chi connectivity index (χ3n) is 3.77. The Morgan fingerprint density at radius 3 is 2.67 bits per heavy atom. The van der Waals surface area contributed by atoms with Crippen LogP contribution < -0.4 is 5.32 Å². The molecule has 0 aliphatic carbocycles. The lowest BCUT2D eigenvalue weighted by atomic mass is 10.0. The van der Waals surface area contributed by atoms with Crippen LogP contribution in [0.3, 0.4) is 0 Å². The van der Waals surface area contributed by atoms with E-state index in [1.54, 1.807) is 37.8 Å². The summed E-state index contributed by atoms with van der Waals surface area (Å²) in [5, 5.41) is 8.04. The molecule has 0 saturated heterocycles. The summed E-state index contributed by atoms with van der Waals surface area (Å²) in [6.45, 7) is 3.54. The van der Waals surface area contributed by atoms with E-state index in [1.165, 1.54) is 6.07 Å². The standard InChI is InChI=1S/C16H16F3N5/c1-9(11-5-4-6-12(7-11)16(17,18)19)21-14-13-8-20-24(3)15(13)23-10(2)22-14/h4-9H,1-3H3,(H,21,22,23)/t9-/m1/s1. The van der Waals surface area contributed by atoms with Gasteiger partial charge in [-0.25, -0.2) is 9.97 Å². The van der Waals surface area contributed by atoms with Crippen molar-refractivity contribution in [1.82, 2.24) is 19.7 Å². The highest BCUT2D eigenvalue weighted by Crippen LogP contribution is 2.31. The highest BCUT2D eigenvalue weighted by atomic mass is 19.4. The molecule has 2 heterocycles. The summed E-state index contributed by atoms with van der Waals surface area (Å²) >= 11 is 0. The van der Waals surface area contributed by atoms with Gasteiger partial charge in [-0.2, -0.15) is 18.3 Å². The van der Waals surface area contributed by atoms with Crippen LogP contribution in [0.5, 0.6) is 0 Å². The highest BCUT2D eigenvalue weighted by Gasteiger charge is 2.30. The van der Waals surface area contributed by atoms with E-state index in [0.29, 0.717) is 22.9 Å². The summed E-state index contributed by atoms with van der Waals surface area (Å²) in [5.41, 5.74) is 0.526. The molecule has 2 aromatic heterocycles. The summed E-state index contributed by atoms with van der Waals surface area (Å²) in [7, 11) is 1.77. The van der Waals surface area contributed by atoms with Crippen molar-refractivity contribution >= 4 is 16.9 Å². The number of aromatic nitrogens is 4. The molecular formula is C16H16F3N5. The van der Waals surface area contributed by atoms with Gasteiger partial charge in [-0.05, 0) is 31.5 Å². The SMILES string of the molecule is Cc1nc(N[C@H](C)c2cccc(C(F)(F)F)c2)c2cnn(C)c2n1. The van der Waals surface area contributed by atoms with E-state index in [-0.39, 0.29) is 6.04 Å². The second-order valence-electron chi connectivity index (χ2n) is 5.61. The molecule has 24 heavy (non-hydrogen) atoms. The summed E-state index contributed by atoms with van der Waals surface area (Å²) in [5.74, 6) is 1.11. The Kier molecular flexibility index (Phi) is 3.90. The van der Waals surface area contributed by atoms with Crippen LogP contribution in [0.1, 0.15) is 29.9 Å². The molecule has 0 unspecified atom stereocenters. The van der Waals surface area contributed by atoms with Crippen molar-refractivity contribution in [3.63, 3.8) is 0 Å². The zero-order valence-corrected chi connectivity index (χ0v) is 13.4. The summed E-state index contributed by atoms with van der Waals surface area (Å²) in [6.07, 6.45) is -2.73. The van der Waals surface area contributed by atoms with Gasteiger partial charge >= 0.3 is 6.18 Å². The van der Waals surface area contributed by atoms with E-state index in [1.807, 2.05) is 0 Å². The van der Waals surface area contributed by atoms with Crippen LogP contribution in [0, 0.1) is 6.92 Å². The van der Waals surface area contributed by atoms with Crippen LogP contribution in [0.2, 0.25) is 0 Å². The Balaban J connectivity index is 1.94. The number of hydrogen-bond acceptors (Lipinski definition) is 4. The zero-order chi connectivity index (χ0) is 17.5. The number of fused-ring (bicyclic) bond motifs is 1. The molecule has 0 amide bonds. The first-order chi connectivity index (χ1) is 11.3. The first-order valence-corrected chi connectivity index (χ1v) is 7.36. The Hall–Kier alpha value is -2.64. The number of alkyl halides is 3. The minimum Gasteiger partial charge on any atom is -0.363 e. The lowest BCUT2D eigenvalue weighted by Gasteiger charge is -2.17. The van der Waals surface area contributed by atoms with E-state index in [9.17, 15) is 13.2 Å². The Morgan fingerprint density at radius 1 is 1.21 bits per heavy atom. The van der Waals surface area contributed by atoms with Crippen LogP contribution in [0.25, 0.3) is 11.0 Å². The third kappa shape index (κ3) is 3.04. The van der Waals surface area contributed by atoms with Gasteiger partial charge in [-0.3, -0.25) is 4.68 Å². The minimum atomic E-state index is -4.36. The van der Waals surface area contributed by atoms with Gasteiger partial charge in [0.2, 0.25) is 0 Å². The Bertz CT molecular complexity index is 885. The van der Waals surface area contributed by atoms with Crippen LogP contribution in [-0.2, 0) is 13.2 Å². The number of benzene rings is 1. The van der Waals surface area contributed by atoms with E-state index in [0.717, 1.165) is 17.5 Å². The normalized spacial score (nSPS) is 13.2. The number of nitrogens with zero attached hydrogens (tertiary/aromatic N) is 4. The molecule has 0 saturated carbocycles. The van der Waals surface area contributed by atoms with Crippen molar-refractivity contribution in [2.75, 3.05) is 5.32 Å². The molecule has 1 atom stereocenters. The molecular weight excluding hydrogens is 319 g/mol. The van der Waals surface area contributed by atoms with Crippen LogP contribution in [0.15, 0.2) is 30.5 Å². The minimum absolute atomic E-state index is 0.356. The fraction of sp³-hybridized carbons (Fsp3) is 0.312. The molecule has 0 aliphatic rings. The fourth-order valence-corrected chi connectivity index (χ4v) is 2.51. The largest absolute Gasteiger partial charge is 0.416 e. The zero-order valence-electron chi connectivity index (χ0n) is 13.4. The molecule has 3 aromatic rings. The van der Waals surface area contributed by atoms with Crippen LogP contribution >= 0.6 is 0 Å². The summed E-state index contributed by atoms with van der Waals surface area (Å²) in [6, 6.07) is 4.91. The maximum atomic E-state index is 12.9. The molecule has 3 rings (SSSR count). The topological polar surface area (TPSA) is 55.6 Å². The molecule has 126 valence electrons. The number of halogens is 3. The Morgan fingerprint density at radius 2 is 1.96 bits per heavy atom. The Labute approximate surface area is 136 Å². The van der Waals surface area contributed by atoms with Gasteiger partial charge in [-0.15, -0.1) is 0 Å². The molecule has 0 spiro atoms. The van der Waals surface area contributed by atoms with E-state index >= 15 is 0 Å². The second kappa shape index (κ2) is 5.77. The van der Waals surface area contributed by atoms with Gasteiger partial charge in [0, 0.05) is 13.1 Å². The summed E-state index contributed by atoms with van der Waals surface area (Å²) < 4.78 is 40.2. The summed E-state index contributed by atoms with van der Waals surface area (Å²) in [4.78, 5) is 8.68. The van der Waals surface area contributed by atoms with Crippen molar-refractivity contribution in [3.05, 3.63) is 47.4 Å². The maximum absolute atomic E-state index is 12.9. The molecule has 0 fully saturated rings. The molecule has 8 heteroatoms. The van der Waals surface area contributed by atoms with Gasteiger partial charge in [0.05, 0.1) is 17.1 Å². The average molecular weight is 335 g/mol. The lowest BCUT2D eigenvalue weighted by molar-refractivity contribution is -0.137. The number of anilines is 1. The fourth-order valence-electron chi connectivity index (χ4n) is 2.51. The molecule has 1 aromatic carbocycles. The van der Waals surface area contributed by atoms with Gasteiger partial charge in [0.25, 0.3) is 0 Å². The van der Waals surface area contributed by atoms with Gasteiger partial charge in [-0.1, -0.05) is 12.1 Å². The predicted octanol–water partition coefficient (Wildman–Crippen LogP) is 3.86. The molecule has 1 N–H and O–H groups in total. The third-order valence-corrected chi connectivity index (χ3v) is 3.77. The average Bonchev–Trinajstić information content (AvgIpc) is 2.88. The number of nitrogens with one attached hydrogen (secondary N) is 1. The maximum Gasteiger partial charge on any atom is 0.416 e. The number of rotatable bonds is 3. The number of hydrogen-bond donors (Lipinski definition) is 1. The van der Waals surface area contributed by atoms with Crippen molar-refractivity contribution in [3.8, 4) is 0 Å².